The monoisotopic (exact) mass is 533 g/mol. The van der Waals surface area contributed by atoms with Crippen LogP contribution >= 0.6 is 0 Å². The van der Waals surface area contributed by atoms with Crippen LogP contribution in [-0.4, -0.2) is 70.2 Å². The summed E-state index contributed by atoms with van der Waals surface area (Å²) in [7, 11) is -0.772. The van der Waals surface area contributed by atoms with Gasteiger partial charge in [0.2, 0.25) is 10.0 Å². The molecule has 0 amide bonds. The molecule has 0 saturated carbocycles. The van der Waals surface area contributed by atoms with E-state index in [1.54, 1.807) is 19.2 Å². The van der Waals surface area contributed by atoms with E-state index < -0.39 is 10.0 Å². The summed E-state index contributed by atoms with van der Waals surface area (Å²) in [5.74, 6) is 2.56. The van der Waals surface area contributed by atoms with Crippen LogP contribution in [0.4, 0.5) is 5.82 Å². The van der Waals surface area contributed by atoms with Crippen LogP contribution in [0.25, 0.3) is 22.3 Å². The van der Waals surface area contributed by atoms with Crippen molar-refractivity contribution in [3.05, 3.63) is 72.3 Å². The van der Waals surface area contributed by atoms with Crippen LogP contribution in [0.15, 0.2) is 71.6 Å². The molecule has 2 N–H and O–H groups in total. The fourth-order valence-corrected chi connectivity index (χ4v) is 5.57. The molecule has 4 aromatic rings. The Kier molecular flexibility index (Phi) is 7.46. The molecule has 2 heterocycles. The zero-order chi connectivity index (χ0) is 26.7. The second-order valence-corrected chi connectivity index (χ2v) is 10.7. The molecule has 1 aliphatic heterocycles. The van der Waals surface area contributed by atoms with E-state index >= 15 is 0 Å². The number of primary sulfonamides is 1. The molecule has 38 heavy (non-hydrogen) atoms. The number of aromatic nitrogens is 2. The summed E-state index contributed by atoms with van der Waals surface area (Å²) in [5, 5.41) is 6.40. The van der Waals surface area contributed by atoms with Gasteiger partial charge in [-0.25, -0.2) is 23.5 Å². The largest absolute Gasteiger partial charge is 0.496 e. The van der Waals surface area contributed by atoms with E-state index in [2.05, 4.69) is 15.9 Å². The number of benzene rings is 3. The molecule has 1 saturated heterocycles. The molecule has 0 atom stereocenters. The smallest absolute Gasteiger partial charge is 0.241 e. The highest BCUT2D eigenvalue weighted by Gasteiger charge is 2.22. The Hall–Kier alpha value is -3.73. The zero-order valence-corrected chi connectivity index (χ0v) is 22.3. The molecular formula is C28H31N5O4S. The van der Waals surface area contributed by atoms with Crippen molar-refractivity contribution in [2.24, 2.45) is 5.14 Å². The topological polar surface area (TPSA) is 111 Å². The van der Waals surface area contributed by atoms with Crippen molar-refractivity contribution in [1.82, 2.24) is 14.9 Å². The molecular weight excluding hydrogens is 502 g/mol. The molecule has 0 spiro atoms. The third-order valence-electron chi connectivity index (χ3n) is 6.85. The highest BCUT2D eigenvalue weighted by atomic mass is 32.2. The van der Waals surface area contributed by atoms with E-state index in [1.165, 1.54) is 7.11 Å². The number of hydrogen-bond donors (Lipinski definition) is 1. The first-order valence-corrected chi connectivity index (χ1v) is 14.0. The number of para-hydroxylation sites is 2. The Morgan fingerprint density at radius 3 is 2.32 bits per heavy atom. The quantitative estimate of drug-likeness (QED) is 0.367. The SMILES string of the molecule is COc1ccccc1-c1nc(N2CCN(CCc3ccc(OC)c(S(N)(=O)=O)c3)CC2)c2ccccc2n1. The molecule has 0 bridgehead atoms. The maximum absolute atomic E-state index is 11.9. The van der Waals surface area contributed by atoms with Crippen molar-refractivity contribution >= 4 is 26.7 Å². The van der Waals surface area contributed by atoms with Gasteiger partial charge >= 0.3 is 0 Å². The van der Waals surface area contributed by atoms with E-state index in [0.29, 0.717) is 12.2 Å². The second kappa shape index (κ2) is 10.9. The van der Waals surface area contributed by atoms with E-state index in [0.717, 1.165) is 66.3 Å². The van der Waals surface area contributed by atoms with Gasteiger partial charge in [0.15, 0.2) is 5.82 Å². The lowest BCUT2D eigenvalue weighted by Gasteiger charge is -2.36. The predicted molar refractivity (Wildman–Crippen MR) is 148 cm³/mol. The fourth-order valence-electron chi connectivity index (χ4n) is 4.82. The predicted octanol–water partition coefficient (Wildman–Crippen LogP) is 3.33. The summed E-state index contributed by atoms with van der Waals surface area (Å²) in [6, 6.07) is 21.0. The van der Waals surface area contributed by atoms with Gasteiger partial charge in [-0.15, -0.1) is 0 Å². The summed E-state index contributed by atoms with van der Waals surface area (Å²) in [6.07, 6.45) is 0.709. The van der Waals surface area contributed by atoms with Gasteiger partial charge in [-0.2, -0.15) is 0 Å². The molecule has 9 nitrogen and oxygen atoms in total. The number of nitrogens with two attached hydrogens (primary N) is 1. The Bertz CT molecular complexity index is 1550. The average Bonchev–Trinajstić information content (AvgIpc) is 2.95. The standard InChI is InChI=1S/C28H31N5O4S/c1-36-24-10-6-4-8-22(24)27-30-23-9-5-3-7-21(23)28(31-27)33-17-15-32(16-18-33)14-13-20-11-12-25(37-2)26(19-20)38(29,34)35/h3-12,19H,13-18H2,1-2H3,(H2,29,34,35). The van der Waals surface area contributed by atoms with Crippen LogP contribution in [0.5, 0.6) is 11.5 Å². The number of nitrogens with zero attached hydrogens (tertiary/aromatic N) is 4. The summed E-state index contributed by atoms with van der Waals surface area (Å²) >= 11 is 0. The summed E-state index contributed by atoms with van der Waals surface area (Å²) in [4.78, 5) is 14.5. The normalized spacial score (nSPS) is 14.6. The third-order valence-corrected chi connectivity index (χ3v) is 7.79. The van der Waals surface area contributed by atoms with Gasteiger partial charge in [0.25, 0.3) is 0 Å². The summed E-state index contributed by atoms with van der Waals surface area (Å²) < 4.78 is 34.6. The van der Waals surface area contributed by atoms with Crippen molar-refractivity contribution in [3.8, 4) is 22.9 Å². The van der Waals surface area contributed by atoms with Crippen LogP contribution in [0.1, 0.15) is 5.56 Å². The number of hydrogen-bond acceptors (Lipinski definition) is 8. The molecule has 1 fully saturated rings. The van der Waals surface area contributed by atoms with Crippen LogP contribution in [0.3, 0.4) is 0 Å². The molecule has 1 aliphatic rings. The van der Waals surface area contributed by atoms with Crippen molar-refractivity contribution < 1.29 is 17.9 Å². The first-order chi connectivity index (χ1) is 18.4. The van der Waals surface area contributed by atoms with Crippen LogP contribution in [0, 0.1) is 0 Å². The molecule has 198 valence electrons. The Morgan fingerprint density at radius 2 is 1.58 bits per heavy atom. The molecule has 0 unspecified atom stereocenters. The lowest BCUT2D eigenvalue weighted by molar-refractivity contribution is 0.260. The third kappa shape index (κ3) is 5.42. The molecule has 3 aromatic carbocycles. The van der Waals surface area contributed by atoms with Crippen molar-refractivity contribution in [2.45, 2.75) is 11.3 Å². The Labute approximate surface area is 222 Å². The number of piperazine rings is 1. The maximum Gasteiger partial charge on any atom is 0.241 e. The van der Waals surface area contributed by atoms with Gasteiger partial charge < -0.3 is 14.4 Å². The minimum atomic E-state index is -3.86. The van der Waals surface area contributed by atoms with Crippen molar-refractivity contribution in [2.75, 3.05) is 51.8 Å². The molecule has 10 heteroatoms. The van der Waals surface area contributed by atoms with E-state index in [1.807, 2.05) is 48.5 Å². The molecule has 0 aliphatic carbocycles. The molecule has 5 rings (SSSR count). The lowest BCUT2D eigenvalue weighted by atomic mass is 10.1. The molecule has 0 radical (unpaired) electrons. The number of ether oxygens (including phenoxy) is 2. The van der Waals surface area contributed by atoms with Crippen molar-refractivity contribution in [1.29, 1.82) is 0 Å². The van der Waals surface area contributed by atoms with Gasteiger partial charge in [-0.1, -0.05) is 30.3 Å². The van der Waals surface area contributed by atoms with Gasteiger partial charge in [0, 0.05) is 38.1 Å². The maximum atomic E-state index is 11.9. The second-order valence-electron chi connectivity index (χ2n) is 9.20. The number of rotatable bonds is 8. The first kappa shape index (κ1) is 25.9. The van der Waals surface area contributed by atoms with Crippen LogP contribution < -0.4 is 19.5 Å². The highest BCUT2D eigenvalue weighted by molar-refractivity contribution is 7.89. The lowest BCUT2D eigenvalue weighted by Crippen LogP contribution is -2.47. The van der Waals surface area contributed by atoms with Crippen molar-refractivity contribution in [3.63, 3.8) is 0 Å². The first-order valence-electron chi connectivity index (χ1n) is 12.4. The number of anilines is 1. The zero-order valence-electron chi connectivity index (χ0n) is 21.5. The van der Waals surface area contributed by atoms with Crippen LogP contribution in [0.2, 0.25) is 0 Å². The Morgan fingerprint density at radius 1 is 0.868 bits per heavy atom. The van der Waals surface area contributed by atoms with Crippen LogP contribution in [-0.2, 0) is 16.4 Å². The van der Waals surface area contributed by atoms with Gasteiger partial charge in [0.05, 0.1) is 25.3 Å². The van der Waals surface area contributed by atoms with E-state index in [-0.39, 0.29) is 10.6 Å². The van der Waals surface area contributed by atoms with Gasteiger partial charge in [0.1, 0.15) is 22.2 Å². The fraction of sp³-hybridized carbons (Fsp3) is 0.286. The van der Waals surface area contributed by atoms with Gasteiger partial charge in [-0.3, -0.25) is 4.90 Å². The summed E-state index contributed by atoms with van der Waals surface area (Å²) in [5.41, 5.74) is 2.66. The Balaban J connectivity index is 1.32. The number of methoxy groups -OCH3 is 2. The number of fused-ring (bicyclic) bond motifs is 1. The van der Waals surface area contributed by atoms with Gasteiger partial charge in [-0.05, 0) is 48.4 Å². The highest BCUT2D eigenvalue weighted by Crippen LogP contribution is 2.32. The van der Waals surface area contributed by atoms with E-state index in [9.17, 15) is 8.42 Å². The summed E-state index contributed by atoms with van der Waals surface area (Å²) in [6.45, 7) is 4.16. The number of sulfonamides is 1. The minimum absolute atomic E-state index is 0.0174. The average molecular weight is 534 g/mol. The minimum Gasteiger partial charge on any atom is -0.496 e. The molecule has 1 aromatic heterocycles. The van der Waals surface area contributed by atoms with E-state index in [4.69, 9.17) is 24.6 Å².